The molecule has 0 amide bonds. The lowest BCUT2D eigenvalue weighted by molar-refractivity contribution is 0.503. The van der Waals surface area contributed by atoms with Crippen LogP contribution < -0.4 is 5.32 Å². The first-order chi connectivity index (χ1) is 12.3. The molecule has 1 N–H and O–H groups in total. The van der Waals surface area contributed by atoms with Crippen molar-refractivity contribution in [3.63, 3.8) is 0 Å². The summed E-state index contributed by atoms with van der Waals surface area (Å²) in [7, 11) is 0. The zero-order valence-electron chi connectivity index (χ0n) is 13.8. The maximum absolute atomic E-state index is 9.30. The largest absolute Gasteiger partial charge is 0.424 e. The van der Waals surface area contributed by atoms with Crippen LogP contribution >= 0.6 is 0 Å². The number of hydrogen-bond donors (Lipinski definition) is 1. The zero-order valence-corrected chi connectivity index (χ0v) is 13.8. The van der Waals surface area contributed by atoms with E-state index >= 15 is 0 Å². The number of imidazole rings is 1. The Bertz CT molecular complexity index is 863. The molecular weight excluding hydrogens is 314 g/mol. The second-order valence-electron chi connectivity index (χ2n) is 6.28. The first-order valence-corrected chi connectivity index (χ1v) is 8.50. The van der Waals surface area contributed by atoms with E-state index in [4.69, 9.17) is 4.42 Å². The van der Waals surface area contributed by atoms with Crippen LogP contribution in [0.2, 0.25) is 0 Å². The van der Waals surface area contributed by atoms with Gasteiger partial charge in [0.2, 0.25) is 17.5 Å². The fourth-order valence-electron chi connectivity index (χ4n) is 3.11. The van der Waals surface area contributed by atoms with Crippen LogP contribution in [0, 0.1) is 11.3 Å². The second-order valence-corrected chi connectivity index (χ2v) is 6.28. The quantitative estimate of drug-likeness (QED) is 0.669. The third kappa shape index (κ3) is 3.41. The Kier molecular flexibility index (Phi) is 4.21. The summed E-state index contributed by atoms with van der Waals surface area (Å²) in [5.74, 6) is 1.88. The number of hydrogen-bond acceptors (Lipinski definition) is 5. The topological polar surface area (TPSA) is 79.7 Å². The summed E-state index contributed by atoms with van der Waals surface area (Å²) in [4.78, 5) is 8.41. The summed E-state index contributed by atoms with van der Waals surface area (Å²) in [5.41, 5.74) is 1.65. The van der Waals surface area contributed by atoms with Gasteiger partial charge in [0.05, 0.1) is 6.33 Å². The van der Waals surface area contributed by atoms with E-state index in [-0.39, 0.29) is 5.92 Å². The van der Waals surface area contributed by atoms with Gasteiger partial charge >= 0.3 is 0 Å². The zero-order chi connectivity index (χ0) is 17.1. The molecule has 6 heteroatoms. The summed E-state index contributed by atoms with van der Waals surface area (Å²) in [6.07, 6.45) is 7.43. The van der Waals surface area contributed by atoms with Crippen LogP contribution in [0.5, 0.6) is 0 Å². The lowest BCUT2D eigenvalue weighted by Gasteiger charge is -2.03. The van der Waals surface area contributed by atoms with Gasteiger partial charge in [0.25, 0.3) is 0 Å². The summed E-state index contributed by atoms with van der Waals surface area (Å²) in [5, 5.41) is 12.5. The van der Waals surface area contributed by atoms with Crippen molar-refractivity contribution in [3.8, 4) is 6.07 Å². The van der Waals surface area contributed by atoms with Crippen LogP contribution in [0.3, 0.4) is 0 Å². The third-order valence-corrected chi connectivity index (χ3v) is 4.52. The minimum atomic E-state index is 0.274. The molecule has 1 fully saturated rings. The summed E-state index contributed by atoms with van der Waals surface area (Å²) in [6.45, 7) is 1.59. The summed E-state index contributed by atoms with van der Waals surface area (Å²) < 4.78 is 7.88. The molecule has 0 unspecified atom stereocenters. The van der Waals surface area contributed by atoms with E-state index in [1.54, 1.807) is 12.5 Å². The molecule has 1 aromatic carbocycles. The van der Waals surface area contributed by atoms with E-state index in [0.717, 1.165) is 19.4 Å². The average Bonchev–Trinajstić information content (AvgIpc) is 3.08. The average molecular weight is 333 g/mol. The maximum atomic E-state index is 9.30. The molecule has 1 aliphatic carbocycles. The molecule has 0 spiro atoms. The number of nitrogens with one attached hydrogen (secondary N) is 1. The minimum Gasteiger partial charge on any atom is -0.424 e. The summed E-state index contributed by atoms with van der Waals surface area (Å²) in [6, 6.07) is 12.5. The Hall–Kier alpha value is -3.07. The van der Waals surface area contributed by atoms with Crippen molar-refractivity contribution in [3.05, 3.63) is 66.2 Å². The third-order valence-electron chi connectivity index (χ3n) is 4.52. The van der Waals surface area contributed by atoms with Crippen molar-refractivity contribution < 1.29 is 4.42 Å². The smallest absolute Gasteiger partial charge is 0.232 e. The van der Waals surface area contributed by atoms with Gasteiger partial charge in [-0.2, -0.15) is 5.26 Å². The number of nitrogens with zero attached hydrogens (tertiary/aromatic N) is 4. The van der Waals surface area contributed by atoms with Crippen LogP contribution in [-0.2, 0) is 6.54 Å². The van der Waals surface area contributed by atoms with Gasteiger partial charge in [-0.25, -0.2) is 9.97 Å². The predicted octanol–water partition coefficient (Wildman–Crippen LogP) is 3.52. The van der Waals surface area contributed by atoms with Crippen LogP contribution in [0.1, 0.15) is 41.8 Å². The highest BCUT2D eigenvalue weighted by molar-refractivity contribution is 5.46. The van der Waals surface area contributed by atoms with Gasteiger partial charge < -0.3 is 14.3 Å². The van der Waals surface area contributed by atoms with E-state index in [1.807, 2.05) is 29.0 Å². The lowest BCUT2D eigenvalue weighted by Crippen LogP contribution is -2.06. The molecule has 4 rings (SSSR count). The fraction of sp³-hybridized carbons (Fsp3) is 0.316. The molecule has 0 saturated heterocycles. The van der Waals surface area contributed by atoms with E-state index in [1.165, 1.54) is 5.56 Å². The predicted molar refractivity (Wildman–Crippen MR) is 93.1 cm³/mol. The molecule has 2 atom stereocenters. The molecule has 3 aromatic rings. The van der Waals surface area contributed by atoms with E-state index in [9.17, 15) is 5.26 Å². The monoisotopic (exact) mass is 333 g/mol. The minimum absolute atomic E-state index is 0.274. The Balaban J connectivity index is 1.36. The van der Waals surface area contributed by atoms with Gasteiger partial charge in [0.1, 0.15) is 6.07 Å². The van der Waals surface area contributed by atoms with E-state index in [2.05, 4.69) is 33.5 Å². The van der Waals surface area contributed by atoms with Gasteiger partial charge in [0.15, 0.2) is 0 Å². The van der Waals surface area contributed by atoms with Gasteiger partial charge in [-0.3, -0.25) is 0 Å². The molecule has 1 saturated carbocycles. The number of rotatable bonds is 7. The first kappa shape index (κ1) is 15.5. The van der Waals surface area contributed by atoms with Gasteiger partial charge in [0, 0.05) is 31.4 Å². The maximum Gasteiger partial charge on any atom is 0.232 e. The standard InChI is InChI=1S/C19H19N5O/c20-12-17-19(22-7-4-9-24-10-8-21-13-24)25-18(23-17)16-11-15(16)14-5-2-1-3-6-14/h1-3,5-6,8,10,13,15-16,22H,4,7,9,11H2/t15-,16-/m0/s1. The van der Waals surface area contributed by atoms with E-state index in [0.29, 0.717) is 29.9 Å². The number of nitriles is 1. The number of anilines is 1. The van der Waals surface area contributed by atoms with Crippen molar-refractivity contribution >= 4 is 5.88 Å². The van der Waals surface area contributed by atoms with Crippen molar-refractivity contribution in [2.75, 3.05) is 11.9 Å². The Morgan fingerprint density at radius 3 is 2.92 bits per heavy atom. The highest BCUT2D eigenvalue weighted by atomic mass is 16.4. The van der Waals surface area contributed by atoms with Gasteiger partial charge in [-0.1, -0.05) is 30.3 Å². The number of benzene rings is 1. The van der Waals surface area contributed by atoms with Crippen molar-refractivity contribution in [2.45, 2.75) is 31.2 Å². The second kappa shape index (κ2) is 6.81. The van der Waals surface area contributed by atoms with Crippen molar-refractivity contribution in [1.82, 2.24) is 14.5 Å². The Morgan fingerprint density at radius 1 is 1.28 bits per heavy atom. The lowest BCUT2D eigenvalue weighted by atomic mass is 10.1. The van der Waals surface area contributed by atoms with E-state index < -0.39 is 0 Å². The molecule has 0 radical (unpaired) electrons. The van der Waals surface area contributed by atoms with Gasteiger partial charge in [-0.15, -0.1) is 0 Å². The molecule has 0 bridgehead atoms. The SMILES string of the molecule is N#Cc1nc([C@H]2C[C@H]2c2ccccc2)oc1NCCCn1ccnc1. The molecule has 6 nitrogen and oxygen atoms in total. The Morgan fingerprint density at radius 2 is 2.16 bits per heavy atom. The number of oxazole rings is 1. The first-order valence-electron chi connectivity index (χ1n) is 8.50. The highest BCUT2D eigenvalue weighted by Crippen LogP contribution is 2.54. The van der Waals surface area contributed by atoms with Crippen molar-refractivity contribution in [1.29, 1.82) is 5.26 Å². The Labute approximate surface area is 146 Å². The molecule has 2 aromatic heterocycles. The highest BCUT2D eigenvalue weighted by Gasteiger charge is 2.43. The molecule has 25 heavy (non-hydrogen) atoms. The molecule has 1 aliphatic rings. The van der Waals surface area contributed by atoms with Crippen LogP contribution in [0.15, 0.2) is 53.5 Å². The molecule has 2 heterocycles. The molecular formula is C19H19N5O. The van der Waals surface area contributed by atoms with Gasteiger partial charge in [-0.05, 0) is 24.3 Å². The normalized spacial score (nSPS) is 18.7. The van der Waals surface area contributed by atoms with Crippen LogP contribution in [-0.4, -0.2) is 21.1 Å². The summed E-state index contributed by atoms with van der Waals surface area (Å²) >= 11 is 0. The van der Waals surface area contributed by atoms with Crippen molar-refractivity contribution in [2.24, 2.45) is 0 Å². The number of aryl methyl sites for hydroxylation is 1. The number of aromatic nitrogens is 3. The molecule has 0 aliphatic heterocycles. The molecule has 126 valence electrons. The fourth-order valence-corrected chi connectivity index (χ4v) is 3.11. The van der Waals surface area contributed by atoms with Crippen LogP contribution in [0.4, 0.5) is 5.88 Å². The van der Waals surface area contributed by atoms with Crippen LogP contribution in [0.25, 0.3) is 0 Å².